The van der Waals surface area contributed by atoms with Gasteiger partial charge in [0, 0.05) is 11.6 Å². The number of carbonyl (C=O) groups excluding carboxylic acids is 1. The number of thiocarbonyl (C=S) groups is 1. The second kappa shape index (κ2) is 4.80. The van der Waals surface area contributed by atoms with Crippen molar-refractivity contribution in [2.24, 2.45) is 29.4 Å². The molecule has 1 amide bonds. The third-order valence-corrected chi connectivity index (χ3v) is 5.90. The molecular weight excluding hydrogens is 280 g/mol. The number of amides is 1. The molecule has 4 heteroatoms. The number of rotatable bonds is 4. The lowest BCUT2D eigenvalue weighted by Crippen LogP contribution is -2.31. The average molecular weight is 300 g/mol. The monoisotopic (exact) mass is 300 g/mol. The molecule has 0 saturated heterocycles. The summed E-state index contributed by atoms with van der Waals surface area (Å²) in [4.78, 5) is 12.6. The van der Waals surface area contributed by atoms with Gasteiger partial charge >= 0.3 is 0 Å². The minimum atomic E-state index is 0.150. The predicted octanol–water partition coefficient (Wildman–Crippen LogP) is 2.02. The number of fused-ring (bicyclic) bond motifs is 5. The largest absolute Gasteiger partial charge is 0.389 e. The van der Waals surface area contributed by atoms with Gasteiger partial charge in [-0.3, -0.25) is 4.79 Å². The smallest absolute Gasteiger partial charge is 0.224 e. The van der Waals surface area contributed by atoms with E-state index in [1.807, 2.05) is 24.3 Å². The van der Waals surface area contributed by atoms with Gasteiger partial charge in [-0.25, -0.2) is 0 Å². The van der Waals surface area contributed by atoms with Crippen LogP contribution >= 0.6 is 12.2 Å². The van der Waals surface area contributed by atoms with Crippen LogP contribution in [0, 0.1) is 23.7 Å². The van der Waals surface area contributed by atoms with Gasteiger partial charge in [-0.05, 0) is 48.5 Å². The fraction of sp³-hybridized carbons (Fsp3) is 0.529. The van der Waals surface area contributed by atoms with Crippen molar-refractivity contribution < 1.29 is 4.79 Å². The van der Waals surface area contributed by atoms with E-state index in [9.17, 15) is 4.79 Å². The maximum atomic E-state index is 12.2. The average Bonchev–Trinajstić information content (AvgIpc) is 2.84. The summed E-state index contributed by atoms with van der Waals surface area (Å²) in [6.07, 6.45) is 4.64. The van der Waals surface area contributed by atoms with E-state index in [4.69, 9.17) is 18.0 Å². The molecule has 3 saturated carbocycles. The van der Waals surface area contributed by atoms with Gasteiger partial charge in [0.05, 0.1) is 6.42 Å². The summed E-state index contributed by atoms with van der Waals surface area (Å²) < 4.78 is 0. The zero-order valence-corrected chi connectivity index (χ0v) is 12.7. The molecule has 1 aromatic carbocycles. The summed E-state index contributed by atoms with van der Waals surface area (Å²) in [5, 5.41) is 3.25. The first-order chi connectivity index (χ1) is 10.1. The zero-order valence-electron chi connectivity index (χ0n) is 11.9. The van der Waals surface area contributed by atoms with Crippen LogP contribution in [-0.4, -0.2) is 16.9 Å². The van der Waals surface area contributed by atoms with E-state index >= 15 is 0 Å². The molecule has 0 aliphatic heterocycles. The summed E-state index contributed by atoms with van der Waals surface area (Å²) in [7, 11) is 0. The highest BCUT2D eigenvalue weighted by Crippen LogP contribution is 2.65. The van der Waals surface area contributed by atoms with Gasteiger partial charge in [0.2, 0.25) is 5.91 Å². The lowest BCUT2D eigenvalue weighted by atomic mass is 10.0. The highest BCUT2D eigenvalue weighted by atomic mass is 32.1. The molecule has 3 N–H and O–H groups in total. The number of carbonyl (C=O) groups is 1. The fourth-order valence-electron chi connectivity index (χ4n) is 4.73. The van der Waals surface area contributed by atoms with Crippen molar-refractivity contribution in [1.82, 2.24) is 5.32 Å². The number of nitrogens with two attached hydrogens (primary N) is 1. The van der Waals surface area contributed by atoms with Crippen LogP contribution in [0.15, 0.2) is 24.3 Å². The quantitative estimate of drug-likeness (QED) is 0.837. The Morgan fingerprint density at radius 3 is 2.38 bits per heavy atom. The Morgan fingerprint density at radius 1 is 1.19 bits per heavy atom. The van der Waals surface area contributed by atoms with Crippen molar-refractivity contribution >= 4 is 23.1 Å². The van der Waals surface area contributed by atoms with Crippen molar-refractivity contribution in [3.05, 3.63) is 35.4 Å². The number of hydrogen-bond donors (Lipinski definition) is 2. The molecule has 0 heterocycles. The SMILES string of the molecule is NC(=S)c1ccc(CC(=O)NC2C3C4CCC(C4)C23)cc1. The van der Waals surface area contributed by atoms with Gasteiger partial charge in [0.25, 0.3) is 0 Å². The van der Waals surface area contributed by atoms with Crippen LogP contribution < -0.4 is 11.1 Å². The Bertz CT molecular complexity index is 581. The maximum absolute atomic E-state index is 12.2. The van der Waals surface area contributed by atoms with E-state index in [1.165, 1.54) is 19.3 Å². The molecule has 0 aromatic heterocycles. The zero-order chi connectivity index (χ0) is 14.6. The van der Waals surface area contributed by atoms with E-state index in [-0.39, 0.29) is 5.91 Å². The van der Waals surface area contributed by atoms with Crippen molar-refractivity contribution in [2.45, 2.75) is 31.7 Å². The minimum absolute atomic E-state index is 0.150. The third-order valence-electron chi connectivity index (χ3n) is 5.67. The van der Waals surface area contributed by atoms with E-state index in [1.54, 1.807) is 0 Å². The molecule has 3 aliphatic carbocycles. The second-order valence-electron chi connectivity index (χ2n) is 6.82. The molecular formula is C17H20N2OS. The van der Waals surface area contributed by atoms with E-state index < -0.39 is 0 Å². The Kier molecular flexibility index (Phi) is 3.03. The van der Waals surface area contributed by atoms with Gasteiger partial charge in [-0.1, -0.05) is 36.5 Å². The molecule has 2 bridgehead atoms. The highest BCUT2D eigenvalue weighted by molar-refractivity contribution is 7.80. The van der Waals surface area contributed by atoms with Crippen LogP contribution in [0.3, 0.4) is 0 Å². The molecule has 21 heavy (non-hydrogen) atoms. The number of nitrogens with one attached hydrogen (secondary N) is 1. The van der Waals surface area contributed by atoms with Gasteiger partial charge in [0.1, 0.15) is 4.99 Å². The van der Waals surface area contributed by atoms with Crippen LogP contribution in [0.5, 0.6) is 0 Å². The third kappa shape index (κ3) is 2.26. The first-order valence-corrected chi connectivity index (χ1v) is 8.22. The summed E-state index contributed by atoms with van der Waals surface area (Å²) in [5.74, 6) is 3.54. The maximum Gasteiger partial charge on any atom is 0.224 e. The molecule has 0 spiro atoms. The molecule has 4 rings (SSSR count). The van der Waals surface area contributed by atoms with Gasteiger partial charge < -0.3 is 11.1 Å². The normalized spacial score (nSPS) is 35.3. The number of hydrogen-bond acceptors (Lipinski definition) is 2. The first-order valence-electron chi connectivity index (χ1n) is 7.81. The summed E-state index contributed by atoms with van der Waals surface area (Å²) in [6, 6.07) is 8.12. The van der Waals surface area contributed by atoms with Crippen molar-refractivity contribution in [3.63, 3.8) is 0 Å². The fourth-order valence-corrected chi connectivity index (χ4v) is 4.86. The lowest BCUT2D eigenvalue weighted by Gasteiger charge is -2.11. The molecule has 3 fully saturated rings. The Hall–Kier alpha value is -1.42. The van der Waals surface area contributed by atoms with Crippen molar-refractivity contribution in [3.8, 4) is 0 Å². The highest BCUT2D eigenvalue weighted by Gasteiger charge is 2.65. The first kappa shape index (κ1) is 13.3. The topological polar surface area (TPSA) is 55.1 Å². The molecule has 4 unspecified atom stereocenters. The van der Waals surface area contributed by atoms with Gasteiger partial charge in [0.15, 0.2) is 0 Å². The van der Waals surface area contributed by atoms with Gasteiger partial charge in [-0.2, -0.15) is 0 Å². The Balaban J connectivity index is 1.33. The van der Waals surface area contributed by atoms with Crippen LogP contribution in [0.25, 0.3) is 0 Å². The van der Waals surface area contributed by atoms with Gasteiger partial charge in [-0.15, -0.1) is 0 Å². The summed E-state index contributed by atoms with van der Waals surface area (Å²) in [5.41, 5.74) is 7.44. The van der Waals surface area contributed by atoms with Crippen molar-refractivity contribution in [1.29, 1.82) is 0 Å². The van der Waals surface area contributed by atoms with E-state index in [2.05, 4.69) is 5.32 Å². The second-order valence-corrected chi connectivity index (χ2v) is 7.26. The van der Waals surface area contributed by atoms with Crippen molar-refractivity contribution in [2.75, 3.05) is 0 Å². The van der Waals surface area contributed by atoms with Crippen LogP contribution in [0.4, 0.5) is 0 Å². The predicted molar refractivity (Wildman–Crippen MR) is 85.8 cm³/mol. The molecule has 3 nitrogen and oxygen atoms in total. The standard InChI is InChI=1S/C17H20N2OS/c18-17(21)10-3-1-9(2-4-10)7-13(20)19-16-14-11-5-6-12(8-11)15(14)16/h1-4,11-12,14-16H,5-8H2,(H2,18,21)(H,19,20). The minimum Gasteiger partial charge on any atom is -0.389 e. The summed E-state index contributed by atoms with van der Waals surface area (Å²) >= 11 is 4.93. The molecule has 0 radical (unpaired) electrons. The Morgan fingerprint density at radius 2 is 1.81 bits per heavy atom. The van der Waals surface area contributed by atoms with Crippen LogP contribution in [0.1, 0.15) is 30.4 Å². The lowest BCUT2D eigenvalue weighted by molar-refractivity contribution is -0.120. The van der Waals surface area contributed by atoms with Crippen LogP contribution in [-0.2, 0) is 11.2 Å². The molecule has 110 valence electrons. The van der Waals surface area contributed by atoms with Crippen LogP contribution in [0.2, 0.25) is 0 Å². The number of benzene rings is 1. The Labute approximate surface area is 130 Å². The van der Waals surface area contributed by atoms with E-state index in [0.717, 1.165) is 34.8 Å². The van der Waals surface area contributed by atoms with E-state index in [0.29, 0.717) is 17.5 Å². The molecule has 1 aromatic rings. The summed E-state index contributed by atoms with van der Waals surface area (Å²) in [6.45, 7) is 0. The molecule has 3 aliphatic rings. The molecule has 4 atom stereocenters.